The number of amides is 3. The number of hydrogen-bond acceptors (Lipinski definition) is 5. The van der Waals surface area contributed by atoms with Crippen LogP contribution in [0.1, 0.15) is 82.1 Å². The molecule has 2 unspecified atom stereocenters. The Morgan fingerprint density at radius 1 is 1.18 bits per heavy atom. The lowest BCUT2D eigenvalue weighted by atomic mass is 9.72. The van der Waals surface area contributed by atoms with Gasteiger partial charge >= 0.3 is 5.97 Å². The van der Waals surface area contributed by atoms with Crippen molar-refractivity contribution in [2.24, 2.45) is 11.3 Å². The molecule has 1 aromatic carbocycles. The summed E-state index contributed by atoms with van der Waals surface area (Å²) in [6, 6.07) is 5.52. The van der Waals surface area contributed by atoms with E-state index in [2.05, 4.69) is 15.6 Å². The van der Waals surface area contributed by atoms with E-state index in [1.807, 2.05) is 26.0 Å². The molecule has 3 fully saturated rings. The third kappa shape index (κ3) is 5.71. The van der Waals surface area contributed by atoms with Crippen LogP contribution in [-0.2, 0) is 19.1 Å². The molecule has 216 valence electrons. The van der Waals surface area contributed by atoms with E-state index in [9.17, 15) is 19.2 Å². The minimum atomic E-state index is -0.985. The molecule has 5 rings (SSSR count). The molecular weight excluding hydrogens is 532 g/mol. The first-order valence-corrected chi connectivity index (χ1v) is 14.7. The van der Waals surface area contributed by atoms with Crippen molar-refractivity contribution in [2.45, 2.75) is 89.3 Å². The highest BCUT2D eigenvalue weighted by Crippen LogP contribution is 2.47. The fourth-order valence-electron chi connectivity index (χ4n) is 6.86. The molecule has 1 spiro atoms. The topological polar surface area (TPSA) is 121 Å². The number of rotatable bonds is 6. The quantitative estimate of drug-likeness (QED) is 0.446. The number of carbonyl (C=O) groups excluding carboxylic acids is 4. The van der Waals surface area contributed by atoms with Gasteiger partial charge in [0.2, 0.25) is 11.8 Å². The van der Waals surface area contributed by atoms with Gasteiger partial charge in [-0.3, -0.25) is 14.4 Å². The summed E-state index contributed by atoms with van der Waals surface area (Å²) in [6.45, 7) is 4.42. The maximum atomic E-state index is 13.9. The summed E-state index contributed by atoms with van der Waals surface area (Å²) in [5.74, 6) is -1.80. The molecule has 9 nitrogen and oxygen atoms in total. The number of H-pyrrole nitrogens is 1. The summed E-state index contributed by atoms with van der Waals surface area (Å²) < 4.78 is 5.01. The Kier molecular flexibility index (Phi) is 7.88. The Hall–Kier alpha value is -3.07. The lowest BCUT2D eigenvalue weighted by Crippen LogP contribution is -2.54. The van der Waals surface area contributed by atoms with Gasteiger partial charge in [-0.1, -0.05) is 43.0 Å². The normalized spacial score (nSPS) is 24.5. The molecule has 1 aromatic heterocycles. The van der Waals surface area contributed by atoms with Crippen LogP contribution in [0, 0.1) is 11.3 Å². The van der Waals surface area contributed by atoms with Crippen LogP contribution in [0.5, 0.6) is 0 Å². The number of piperidine rings is 1. The smallest absolute Gasteiger partial charge is 0.328 e. The monoisotopic (exact) mass is 570 g/mol. The molecule has 2 saturated heterocycles. The van der Waals surface area contributed by atoms with Crippen LogP contribution >= 0.6 is 11.6 Å². The summed E-state index contributed by atoms with van der Waals surface area (Å²) >= 11 is 6.34. The minimum Gasteiger partial charge on any atom is -0.467 e. The number of hydrogen-bond donors (Lipinski definition) is 3. The van der Waals surface area contributed by atoms with Gasteiger partial charge in [-0.15, -0.1) is 0 Å². The molecule has 3 atom stereocenters. The van der Waals surface area contributed by atoms with E-state index < -0.39 is 29.9 Å². The predicted octanol–water partition coefficient (Wildman–Crippen LogP) is 4.34. The Morgan fingerprint density at radius 2 is 1.93 bits per heavy atom. The van der Waals surface area contributed by atoms with Crippen LogP contribution in [-0.4, -0.2) is 64.9 Å². The zero-order valence-corrected chi connectivity index (χ0v) is 24.2. The van der Waals surface area contributed by atoms with Crippen LogP contribution in [0.2, 0.25) is 5.02 Å². The van der Waals surface area contributed by atoms with Crippen molar-refractivity contribution in [3.05, 3.63) is 35.0 Å². The Balaban J connectivity index is 1.38. The summed E-state index contributed by atoms with van der Waals surface area (Å²) in [5, 5.41) is 7.22. The van der Waals surface area contributed by atoms with E-state index in [4.69, 9.17) is 16.3 Å². The summed E-state index contributed by atoms with van der Waals surface area (Å²) in [7, 11) is 1.27. The third-order valence-corrected chi connectivity index (χ3v) is 9.41. The van der Waals surface area contributed by atoms with Gasteiger partial charge in [-0.25, -0.2) is 4.79 Å². The van der Waals surface area contributed by atoms with Crippen LogP contribution in [0.3, 0.4) is 0 Å². The summed E-state index contributed by atoms with van der Waals surface area (Å²) in [4.78, 5) is 58.1. The number of likely N-dealkylation sites (tertiary alicyclic amines) is 1. The molecule has 3 heterocycles. The van der Waals surface area contributed by atoms with E-state index in [0.717, 1.165) is 43.9 Å². The number of methoxy groups -OCH3 is 1. The number of aromatic amines is 1. The van der Waals surface area contributed by atoms with Crippen LogP contribution < -0.4 is 10.6 Å². The van der Waals surface area contributed by atoms with Crippen LogP contribution in [0.15, 0.2) is 24.3 Å². The molecule has 3 N–H and O–H groups in total. The molecule has 3 amide bonds. The Morgan fingerprint density at radius 3 is 2.60 bits per heavy atom. The highest BCUT2D eigenvalue weighted by molar-refractivity contribution is 6.35. The number of halogens is 1. The van der Waals surface area contributed by atoms with E-state index >= 15 is 0 Å². The number of benzene rings is 1. The van der Waals surface area contributed by atoms with Gasteiger partial charge in [-0.05, 0) is 69.9 Å². The fraction of sp³-hybridized carbons (Fsp3) is 0.600. The number of ether oxygens (including phenoxy) is 1. The first-order valence-electron chi connectivity index (χ1n) is 14.3. The molecule has 10 heteroatoms. The van der Waals surface area contributed by atoms with Crippen molar-refractivity contribution in [1.82, 2.24) is 20.5 Å². The Labute approximate surface area is 239 Å². The number of nitrogens with zero attached hydrogens (tertiary/aromatic N) is 1. The van der Waals surface area contributed by atoms with Crippen LogP contribution in [0.4, 0.5) is 0 Å². The van der Waals surface area contributed by atoms with Crippen molar-refractivity contribution in [2.75, 3.05) is 13.7 Å². The highest BCUT2D eigenvalue weighted by Gasteiger charge is 2.50. The lowest BCUT2D eigenvalue weighted by Gasteiger charge is -2.36. The first-order chi connectivity index (χ1) is 19.0. The SMILES string of the molecule is COC(=O)[C@H](CC1CCC(C)(C)NC1=O)NC(=O)C1CC2(CCCCC2)CN1C(=O)c1cc2cccc(Cl)c2[nH]1. The predicted molar refractivity (Wildman–Crippen MR) is 152 cm³/mol. The zero-order chi connectivity index (χ0) is 28.7. The number of carbonyl (C=O) groups is 4. The molecule has 1 saturated carbocycles. The fourth-order valence-corrected chi connectivity index (χ4v) is 7.08. The van der Waals surface area contributed by atoms with E-state index in [1.54, 1.807) is 17.0 Å². The molecular formula is C30H39ClN4O5. The minimum absolute atomic E-state index is 0.129. The van der Waals surface area contributed by atoms with Crippen molar-refractivity contribution in [1.29, 1.82) is 0 Å². The van der Waals surface area contributed by atoms with Crippen molar-refractivity contribution in [3.63, 3.8) is 0 Å². The first kappa shape index (κ1) is 28.5. The molecule has 2 aromatic rings. The van der Waals surface area contributed by atoms with E-state index in [-0.39, 0.29) is 29.2 Å². The van der Waals surface area contributed by atoms with Gasteiger partial charge in [0, 0.05) is 23.4 Å². The number of para-hydroxylation sites is 1. The third-order valence-electron chi connectivity index (χ3n) is 9.09. The van der Waals surface area contributed by atoms with Crippen molar-refractivity contribution in [3.8, 4) is 0 Å². The van der Waals surface area contributed by atoms with E-state index in [0.29, 0.717) is 35.6 Å². The van der Waals surface area contributed by atoms with Crippen molar-refractivity contribution < 1.29 is 23.9 Å². The maximum absolute atomic E-state index is 13.9. The van der Waals surface area contributed by atoms with Gasteiger partial charge in [0.25, 0.3) is 5.91 Å². The second kappa shape index (κ2) is 11.1. The van der Waals surface area contributed by atoms with Gasteiger partial charge in [0.15, 0.2) is 0 Å². The van der Waals surface area contributed by atoms with Crippen molar-refractivity contribution >= 4 is 46.2 Å². The highest BCUT2D eigenvalue weighted by atomic mass is 35.5. The standard InChI is InChI=1S/C30H39ClN4O5/c1-29(2)13-10-19(25(36)34-29)15-22(28(39)40-3)33-26(37)23-16-30(11-5-4-6-12-30)17-35(23)27(38)21-14-18-8-7-9-20(31)24(18)32-21/h7-9,14,19,22-23,32H,4-6,10-13,15-17H2,1-3H3,(H,33,37)(H,34,36)/t19?,22-,23?/m0/s1. The molecule has 0 radical (unpaired) electrons. The maximum Gasteiger partial charge on any atom is 0.328 e. The Bertz CT molecular complexity index is 1310. The molecule has 40 heavy (non-hydrogen) atoms. The average Bonchev–Trinajstić information content (AvgIpc) is 3.52. The molecule has 3 aliphatic rings. The van der Waals surface area contributed by atoms with Gasteiger partial charge in [-0.2, -0.15) is 0 Å². The second-order valence-corrected chi connectivity index (χ2v) is 12.9. The van der Waals surface area contributed by atoms with Crippen LogP contribution in [0.25, 0.3) is 10.9 Å². The summed E-state index contributed by atoms with van der Waals surface area (Å²) in [5.41, 5.74) is 0.623. The number of aromatic nitrogens is 1. The average molecular weight is 571 g/mol. The molecule has 2 aliphatic heterocycles. The largest absolute Gasteiger partial charge is 0.467 e. The number of esters is 1. The summed E-state index contributed by atoms with van der Waals surface area (Å²) in [6.07, 6.45) is 7.26. The lowest BCUT2D eigenvalue weighted by molar-refractivity contribution is -0.146. The zero-order valence-electron chi connectivity index (χ0n) is 23.5. The van der Waals surface area contributed by atoms with Gasteiger partial charge in [0.1, 0.15) is 17.8 Å². The number of fused-ring (bicyclic) bond motifs is 1. The molecule has 0 bridgehead atoms. The van der Waals surface area contributed by atoms with Gasteiger partial charge in [0.05, 0.1) is 17.6 Å². The second-order valence-electron chi connectivity index (χ2n) is 12.5. The molecule has 1 aliphatic carbocycles. The van der Waals surface area contributed by atoms with E-state index in [1.165, 1.54) is 7.11 Å². The van der Waals surface area contributed by atoms with Gasteiger partial charge < -0.3 is 25.3 Å². The number of nitrogens with one attached hydrogen (secondary N) is 3.